The molecule has 0 saturated heterocycles. The molecule has 0 bridgehead atoms. The highest BCUT2D eigenvalue weighted by Crippen LogP contribution is 2.40. The van der Waals surface area contributed by atoms with Crippen LogP contribution in [0.15, 0.2) is 72.8 Å². The zero-order chi connectivity index (χ0) is 19.0. The van der Waals surface area contributed by atoms with Gasteiger partial charge in [-0.3, -0.25) is 4.72 Å². The second kappa shape index (κ2) is 6.68. The molecule has 0 aliphatic heterocycles. The van der Waals surface area contributed by atoms with Crippen molar-refractivity contribution >= 4 is 37.4 Å². The van der Waals surface area contributed by atoms with Crippen molar-refractivity contribution in [1.82, 2.24) is 0 Å². The van der Waals surface area contributed by atoms with Crippen molar-refractivity contribution in [2.45, 2.75) is 6.42 Å². The number of nitrogens with two attached hydrogens (primary N) is 1. The van der Waals surface area contributed by atoms with E-state index in [1.807, 2.05) is 36.4 Å². The van der Waals surface area contributed by atoms with E-state index in [2.05, 4.69) is 42.0 Å². The maximum atomic E-state index is 11.7. The molecule has 0 heterocycles. The second-order valence-electron chi connectivity index (χ2n) is 6.47. The zero-order valence-corrected chi connectivity index (χ0v) is 15.5. The van der Waals surface area contributed by atoms with Crippen LogP contribution in [0.4, 0.5) is 5.69 Å². The molecule has 0 spiro atoms. The molecule has 1 radical (unpaired) electrons. The van der Waals surface area contributed by atoms with E-state index in [0.29, 0.717) is 12.1 Å². The zero-order valence-electron chi connectivity index (χ0n) is 14.6. The maximum absolute atomic E-state index is 11.7. The van der Waals surface area contributed by atoms with Gasteiger partial charge in [-0.2, -0.15) is 8.42 Å². The predicted molar refractivity (Wildman–Crippen MR) is 113 cm³/mol. The van der Waals surface area contributed by atoms with Gasteiger partial charge in [0.25, 0.3) is 10.2 Å². The van der Waals surface area contributed by atoms with Crippen LogP contribution in [-0.4, -0.2) is 8.42 Å². The van der Waals surface area contributed by atoms with Crippen molar-refractivity contribution in [3.8, 4) is 11.1 Å². The normalized spacial score (nSPS) is 11.8. The van der Waals surface area contributed by atoms with Gasteiger partial charge >= 0.3 is 0 Å². The molecule has 4 rings (SSSR count). The predicted octanol–water partition coefficient (Wildman–Crippen LogP) is 4.65. The van der Waals surface area contributed by atoms with Crippen LogP contribution in [0.2, 0.25) is 0 Å². The third-order valence-corrected chi connectivity index (χ3v) is 5.17. The molecular formula is C22H19N2O2S. The van der Waals surface area contributed by atoms with Crippen molar-refractivity contribution in [3.63, 3.8) is 0 Å². The number of benzene rings is 4. The number of anilines is 1. The Bertz CT molecular complexity index is 1210. The molecule has 0 aliphatic carbocycles. The molecule has 3 N–H and O–H groups in total. The first kappa shape index (κ1) is 17.5. The van der Waals surface area contributed by atoms with E-state index in [1.54, 1.807) is 6.07 Å². The summed E-state index contributed by atoms with van der Waals surface area (Å²) in [6.45, 7) is 3.96. The Labute approximate surface area is 158 Å². The molecule has 0 aromatic heterocycles. The average molecular weight is 375 g/mol. The van der Waals surface area contributed by atoms with Gasteiger partial charge < -0.3 is 0 Å². The number of rotatable bonds is 4. The number of hydrogen-bond donors (Lipinski definition) is 2. The summed E-state index contributed by atoms with van der Waals surface area (Å²) in [5, 5.41) is 9.54. The number of hydrogen-bond acceptors (Lipinski definition) is 2. The summed E-state index contributed by atoms with van der Waals surface area (Å²) in [5.74, 6) is 0. The van der Waals surface area contributed by atoms with Crippen LogP contribution in [0.5, 0.6) is 0 Å². The Morgan fingerprint density at radius 3 is 2.00 bits per heavy atom. The van der Waals surface area contributed by atoms with Crippen molar-refractivity contribution < 1.29 is 8.42 Å². The minimum Gasteiger partial charge on any atom is -0.271 e. The van der Waals surface area contributed by atoms with E-state index < -0.39 is 10.2 Å². The van der Waals surface area contributed by atoms with E-state index in [1.165, 1.54) is 0 Å². The summed E-state index contributed by atoms with van der Waals surface area (Å²) in [4.78, 5) is 0. The fourth-order valence-corrected chi connectivity index (χ4v) is 3.98. The standard InChI is InChI=1S/C22H19N2O2S/c1-2-15-11-12-21(24-27(23,25)26)20(13-15)22-18-9-5-3-7-16(18)14-17-8-4-6-10-19(17)22/h3-14,24H,1-2H2,(H2,23,25,26). The molecule has 4 aromatic rings. The van der Waals surface area contributed by atoms with Gasteiger partial charge in [-0.15, -0.1) is 0 Å². The number of nitrogens with one attached hydrogen (secondary N) is 1. The van der Waals surface area contributed by atoms with E-state index in [4.69, 9.17) is 5.14 Å². The summed E-state index contributed by atoms with van der Waals surface area (Å²) in [6, 6.07) is 23.9. The van der Waals surface area contributed by atoms with Crippen LogP contribution >= 0.6 is 0 Å². The van der Waals surface area contributed by atoms with Gasteiger partial charge in [0, 0.05) is 5.56 Å². The van der Waals surface area contributed by atoms with Crippen LogP contribution in [0.3, 0.4) is 0 Å². The Kier molecular flexibility index (Phi) is 4.34. The summed E-state index contributed by atoms with van der Waals surface area (Å²) < 4.78 is 25.9. The van der Waals surface area contributed by atoms with Crippen LogP contribution in [0.1, 0.15) is 5.56 Å². The molecule has 4 aromatic carbocycles. The molecule has 27 heavy (non-hydrogen) atoms. The van der Waals surface area contributed by atoms with Gasteiger partial charge in [-0.25, -0.2) is 5.14 Å². The summed E-state index contributed by atoms with van der Waals surface area (Å²) in [7, 11) is -3.90. The molecule has 0 aliphatic rings. The van der Waals surface area contributed by atoms with Crippen LogP contribution < -0.4 is 9.86 Å². The lowest BCUT2D eigenvalue weighted by Crippen LogP contribution is -2.22. The minimum atomic E-state index is -3.90. The van der Waals surface area contributed by atoms with Crippen molar-refractivity contribution in [1.29, 1.82) is 0 Å². The molecular weight excluding hydrogens is 356 g/mol. The molecule has 135 valence electrons. The molecule has 0 saturated carbocycles. The Morgan fingerprint density at radius 1 is 0.852 bits per heavy atom. The second-order valence-corrected chi connectivity index (χ2v) is 7.76. The van der Waals surface area contributed by atoms with Crippen molar-refractivity contribution in [2.24, 2.45) is 5.14 Å². The first-order chi connectivity index (χ1) is 13.0. The first-order valence-electron chi connectivity index (χ1n) is 8.60. The molecule has 4 nitrogen and oxygen atoms in total. The lowest BCUT2D eigenvalue weighted by molar-refractivity contribution is 0.603. The SMILES string of the molecule is [CH2]Cc1ccc(NS(N)(=O)=O)c(-c2c3ccccc3cc3ccccc23)c1. The topological polar surface area (TPSA) is 72.2 Å². The van der Waals surface area contributed by atoms with Crippen LogP contribution in [0, 0.1) is 6.92 Å². The Balaban J connectivity index is 2.15. The van der Waals surface area contributed by atoms with Crippen LogP contribution in [0.25, 0.3) is 32.7 Å². The molecule has 0 unspecified atom stereocenters. The smallest absolute Gasteiger partial charge is 0.271 e. The summed E-state index contributed by atoms with van der Waals surface area (Å²) in [5.41, 5.74) is 3.24. The highest BCUT2D eigenvalue weighted by atomic mass is 32.2. The van der Waals surface area contributed by atoms with Crippen molar-refractivity contribution in [2.75, 3.05) is 4.72 Å². The van der Waals surface area contributed by atoms with E-state index >= 15 is 0 Å². The first-order valence-corrected chi connectivity index (χ1v) is 10.1. The highest BCUT2D eigenvalue weighted by molar-refractivity contribution is 7.90. The Hall–Kier alpha value is -2.89. The average Bonchev–Trinajstić information content (AvgIpc) is 2.65. The molecule has 0 fully saturated rings. The quantitative estimate of drug-likeness (QED) is 0.510. The third-order valence-electron chi connectivity index (χ3n) is 4.67. The van der Waals surface area contributed by atoms with Gasteiger partial charge in [0.15, 0.2) is 0 Å². The van der Waals surface area contributed by atoms with E-state index in [9.17, 15) is 8.42 Å². The fraction of sp³-hybridized carbons (Fsp3) is 0.0455. The molecule has 5 heteroatoms. The maximum Gasteiger partial charge on any atom is 0.296 e. The van der Waals surface area contributed by atoms with Crippen molar-refractivity contribution in [3.05, 3.63) is 85.3 Å². The Morgan fingerprint density at radius 2 is 1.44 bits per heavy atom. The fourth-order valence-electron chi connectivity index (χ4n) is 3.50. The summed E-state index contributed by atoms with van der Waals surface area (Å²) in [6.07, 6.45) is 0.603. The lowest BCUT2D eigenvalue weighted by atomic mass is 9.90. The molecule has 0 atom stereocenters. The van der Waals surface area contributed by atoms with Gasteiger partial charge in [0.05, 0.1) is 5.69 Å². The third kappa shape index (κ3) is 3.39. The van der Waals surface area contributed by atoms with Crippen LogP contribution in [-0.2, 0) is 16.6 Å². The monoisotopic (exact) mass is 375 g/mol. The minimum absolute atomic E-state index is 0.455. The van der Waals surface area contributed by atoms with E-state index in [-0.39, 0.29) is 0 Å². The van der Waals surface area contributed by atoms with Gasteiger partial charge in [-0.1, -0.05) is 54.6 Å². The van der Waals surface area contributed by atoms with Gasteiger partial charge in [0.2, 0.25) is 0 Å². The highest BCUT2D eigenvalue weighted by Gasteiger charge is 2.16. The van der Waals surface area contributed by atoms with E-state index in [0.717, 1.165) is 38.2 Å². The number of fused-ring (bicyclic) bond motifs is 2. The van der Waals surface area contributed by atoms with Gasteiger partial charge in [-0.05, 0) is 64.2 Å². The summed E-state index contributed by atoms with van der Waals surface area (Å²) >= 11 is 0. The molecule has 0 amide bonds. The lowest BCUT2D eigenvalue weighted by Gasteiger charge is -2.17. The van der Waals surface area contributed by atoms with Gasteiger partial charge in [0.1, 0.15) is 0 Å². The largest absolute Gasteiger partial charge is 0.296 e.